The van der Waals surface area contributed by atoms with E-state index in [1.54, 1.807) is 6.08 Å². The predicted molar refractivity (Wildman–Crippen MR) is 106 cm³/mol. The Morgan fingerprint density at radius 2 is 1.16 bits per heavy atom. The lowest BCUT2D eigenvalue weighted by Crippen LogP contribution is -1.89. The van der Waals surface area contributed by atoms with Crippen molar-refractivity contribution in [3.63, 3.8) is 0 Å². The molecule has 0 aromatic rings. The molecule has 4 nitrogen and oxygen atoms in total. The SMILES string of the molecule is CC(C)=CCC/C(C)=C/CC/C(C)=C/CC/C(C)=C/COP(=O)(O)O. The van der Waals surface area contributed by atoms with Crippen molar-refractivity contribution < 1.29 is 18.9 Å². The van der Waals surface area contributed by atoms with Gasteiger partial charge in [-0.25, -0.2) is 4.57 Å². The third-order valence-corrected chi connectivity index (χ3v) is 4.31. The van der Waals surface area contributed by atoms with E-state index < -0.39 is 7.82 Å². The summed E-state index contributed by atoms with van der Waals surface area (Å²) in [5, 5.41) is 0. The van der Waals surface area contributed by atoms with Crippen LogP contribution in [0.5, 0.6) is 0 Å². The molecule has 0 saturated carbocycles. The molecule has 0 spiro atoms. The Kier molecular flexibility index (Phi) is 12.8. The molecule has 144 valence electrons. The first-order chi connectivity index (χ1) is 11.6. The van der Waals surface area contributed by atoms with Crippen molar-refractivity contribution in [2.45, 2.75) is 73.1 Å². The lowest BCUT2D eigenvalue weighted by Gasteiger charge is -2.04. The third-order valence-electron chi connectivity index (χ3n) is 3.83. The second kappa shape index (κ2) is 13.3. The number of phosphoric acid groups is 1. The van der Waals surface area contributed by atoms with E-state index >= 15 is 0 Å². The summed E-state index contributed by atoms with van der Waals surface area (Å²) in [7, 11) is -4.36. The molecule has 0 unspecified atom stereocenters. The van der Waals surface area contributed by atoms with Crippen LogP contribution in [-0.2, 0) is 9.09 Å². The smallest absolute Gasteiger partial charge is 0.303 e. The van der Waals surface area contributed by atoms with Crippen molar-refractivity contribution in [1.82, 2.24) is 0 Å². The van der Waals surface area contributed by atoms with Crippen molar-refractivity contribution in [2.24, 2.45) is 0 Å². The third kappa shape index (κ3) is 17.7. The monoisotopic (exact) mass is 370 g/mol. The lowest BCUT2D eigenvalue weighted by molar-refractivity contribution is 0.215. The van der Waals surface area contributed by atoms with E-state index in [1.807, 2.05) is 6.92 Å². The predicted octanol–water partition coefficient (Wildman–Crippen LogP) is 6.24. The van der Waals surface area contributed by atoms with Crippen LogP contribution in [0.1, 0.15) is 73.1 Å². The van der Waals surface area contributed by atoms with E-state index in [2.05, 4.69) is 50.4 Å². The standard InChI is InChI=1S/C20H35O4P/c1-17(2)9-6-10-18(3)11-7-12-19(4)13-8-14-20(5)15-16-24-25(21,22)23/h9,11,13,15H,6-8,10,12,14,16H2,1-5H3,(H2,21,22,23)/b18-11+,19-13+,20-15+. The van der Waals surface area contributed by atoms with Gasteiger partial charge < -0.3 is 9.79 Å². The Balaban J connectivity index is 4.03. The minimum Gasteiger partial charge on any atom is -0.303 e. The minimum absolute atomic E-state index is 0.0460. The van der Waals surface area contributed by atoms with E-state index in [0.717, 1.165) is 44.1 Å². The summed E-state index contributed by atoms with van der Waals surface area (Å²) < 4.78 is 15.0. The van der Waals surface area contributed by atoms with Crippen molar-refractivity contribution in [3.05, 3.63) is 46.6 Å². The average Bonchev–Trinajstić information content (AvgIpc) is 2.45. The highest BCUT2D eigenvalue weighted by Gasteiger charge is 2.11. The van der Waals surface area contributed by atoms with Gasteiger partial charge in [0.2, 0.25) is 0 Å². The first-order valence-corrected chi connectivity index (χ1v) is 10.4. The summed E-state index contributed by atoms with van der Waals surface area (Å²) in [6.07, 6.45) is 14.8. The number of allylic oxidation sites excluding steroid dienone is 7. The highest BCUT2D eigenvalue weighted by atomic mass is 31.2. The van der Waals surface area contributed by atoms with Gasteiger partial charge in [0, 0.05) is 0 Å². The molecule has 0 aliphatic carbocycles. The summed E-state index contributed by atoms with van der Waals surface area (Å²) in [5.41, 5.74) is 5.29. The van der Waals surface area contributed by atoms with Gasteiger partial charge in [0.05, 0.1) is 6.61 Å². The van der Waals surface area contributed by atoms with Crippen LogP contribution in [0.4, 0.5) is 0 Å². The van der Waals surface area contributed by atoms with Crippen molar-refractivity contribution in [3.8, 4) is 0 Å². The zero-order chi connectivity index (χ0) is 19.3. The van der Waals surface area contributed by atoms with Crippen LogP contribution in [0.3, 0.4) is 0 Å². The largest absolute Gasteiger partial charge is 0.469 e. The van der Waals surface area contributed by atoms with E-state index in [9.17, 15) is 4.57 Å². The lowest BCUT2D eigenvalue weighted by atomic mass is 10.0. The van der Waals surface area contributed by atoms with Crippen LogP contribution in [0.15, 0.2) is 46.6 Å². The Hall–Kier alpha value is -0.930. The van der Waals surface area contributed by atoms with Crippen LogP contribution in [0, 0.1) is 0 Å². The number of phosphoric ester groups is 1. The van der Waals surface area contributed by atoms with Gasteiger partial charge in [-0.2, -0.15) is 0 Å². The van der Waals surface area contributed by atoms with Crippen LogP contribution < -0.4 is 0 Å². The van der Waals surface area contributed by atoms with Gasteiger partial charge >= 0.3 is 7.82 Å². The highest BCUT2D eigenvalue weighted by molar-refractivity contribution is 7.46. The molecule has 0 heterocycles. The Morgan fingerprint density at radius 3 is 1.56 bits per heavy atom. The summed E-state index contributed by atoms with van der Waals surface area (Å²) in [6.45, 7) is 10.5. The number of hydrogen-bond donors (Lipinski definition) is 2. The van der Waals surface area contributed by atoms with E-state index in [-0.39, 0.29) is 6.61 Å². The van der Waals surface area contributed by atoms with Crippen molar-refractivity contribution in [2.75, 3.05) is 6.61 Å². The molecule has 0 atom stereocenters. The van der Waals surface area contributed by atoms with Crippen molar-refractivity contribution >= 4 is 7.82 Å². The molecule has 0 aromatic carbocycles. The summed E-state index contributed by atoms with van der Waals surface area (Å²) in [4.78, 5) is 17.2. The van der Waals surface area contributed by atoms with E-state index in [1.165, 1.54) is 16.7 Å². The van der Waals surface area contributed by atoms with Gasteiger partial charge in [0.25, 0.3) is 0 Å². The topological polar surface area (TPSA) is 66.8 Å². The molecule has 0 amide bonds. The molecule has 5 heteroatoms. The minimum atomic E-state index is -4.36. The molecule has 0 rings (SSSR count). The molecule has 0 aromatic heterocycles. The maximum Gasteiger partial charge on any atom is 0.469 e. The van der Waals surface area contributed by atoms with Gasteiger partial charge in [0.15, 0.2) is 0 Å². The molecule has 0 aliphatic heterocycles. The van der Waals surface area contributed by atoms with E-state index in [0.29, 0.717) is 0 Å². The molecule has 0 aliphatic rings. The Labute approximate surface area is 153 Å². The van der Waals surface area contributed by atoms with Crippen LogP contribution in [0.25, 0.3) is 0 Å². The fraction of sp³-hybridized carbons (Fsp3) is 0.600. The van der Waals surface area contributed by atoms with Gasteiger partial charge in [0.1, 0.15) is 0 Å². The van der Waals surface area contributed by atoms with Crippen molar-refractivity contribution in [1.29, 1.82) is 0 Å². The molecule has 2 N–H and O–H groups in total. The molecule has 0 radical (unpaired) electrons. The summed E-state index contributed by atoms with van der Waals surface area (Å²) in [5.74, 6) is 0. The van der Waals surface area contributed by atoms with Gasteiger partial charge in [-0.1, -0.05) is 46.6 Å². The zero-order valence-electron chi connectivity index (χ0n) is 16.4. The Morgan fingerprint density at radius 1 is 0.760 bits per heavy atom. The molecular weight excluding hydrogens is 335 g/mol. The van der Waals surface area contributed by atoms with Gasteiger partial charge in [-0.3, -0.25) is 4.52 Å². The van der Waals surface area contributed by atoms with E-state index in [4.69, 9.17) is 9.79 Å². The molecule has 0 fully saturated rings. The second-order valence-corrected chi connectivity index (χ2v) is 8.07. The van der Waals surface area contributed by atoms with Crippen LogP contribution in [-0.4, -0.2) is 16.4 Å². The van der Waals surface area contributed by atoms with Crippen LogP contribution in [0.2, 0.25) is 0 Å². The highest BCUT2D eigenvalue weighted by Crippen LogP contribution is 2.35. The molecule has 0 saturated heterocycles. The first-order valence-electron chi connectivity index (χ1n) is 8.90. The maximum absolute atomic E-state index is 10.6. The second-order valence-electron chi connectivity index (χ2n) is 6.84. The van der Waals surface area contributed by atoms with Gasteiger partial charge in [-0.05, 0) is 73.1 Å². The summed E-state index contributed by atoms with van der Waals surface area (Å²) in [6, 6.07) is 0. The summed E-state index contributed by atoms with van der Waals surface area (Å²) >= 11 is 0. The normalized spacial score (nSPS) is 14.0. The van der Waals surface area contributed by atoms with Crippen LogP contribution >= 0.6 is 7.82 Å². The molecular formula is C20H35O4P. The number of hydrogen-bond acceptors (Lipinski definition) is 2. The fourth-order valence-corrected chi connectivity index (χ4v) is 2.53. The average molecular weight is 370 g/mol. The Bertz CT molecular complexity index is 546. The van der Waals surface area contributed by atoms with Gasteiger partial charge in [-0.15, -0.1) is 0 Å². The maximum atomic E-state index is 10.6. The molecule has 25 heavy (non-hydrogen) atoms. The zero-order valence-corrected chi connectivity index (χ0v) is 17.3. The molecule has 0 bridgehead atoms. The first kappa shape index (κ1) is 24.1. The number of rotatable bonds is 12. The fourth-order valence-electron chi connectivity index (χ4n) is 2.26. The quantitative estimate of drug-likeness (QED) is 0.315.